The molecule has 3 unspecified atom stereocenters. The van der Waals surface area contributed by atoms with Crippen molar-refractivity contribution in [2.24, 2.45) is 17.3 Å². The molecule has 3 atom stereocenters. The maximum absolute atomic E-state index is 1.62. The Hall–Kier alpha value is 0. The Labute approximate surface area is 63.0 Å². The summed E-state index contributed by atoms with van der Waals surface area (Å²) in [4.78, 5) is 0. The maximum atomic E-state index is 1.62. The Morgan fingerprint density at radius 1 is 1.00 bits per heavy atom. The van der Waals surface area contributed by atoms with Crippen molar-refractivity contribution in [3.63, 3.8) is 0 Å². The monoisotopic (exact) mass is 136 g/mol. The Morgan fingerprint density at radius 3 is 2.90 bits per heavy atom. The molecule has 0 aromatic rings. The largest absolute Gasteiger partial charge is 0.0525 e. The highest BCUT2D eigenvalue weighted by Gasteiger charge is 2.57. The number of rotatable bonds is 0. The Bertz CT molecular complexity index is 159. The van der Waals surface area contributed by atoms with Crippen molar-refractivity contribution >= 4 is 0 Å². The minimum atomic E-state index is 0.946. The van der Waals surface area contributed by atoms with E-state index in [2.05, 4.69) is 0 Å². The van der Waals surface area contributed by atoms with Gasteiger partial charge in [-0.05, 0) is 42.9 Å². The van der Waals surface area contributed by atoms with Crippen LogP contribution in [0.3, 0.4) is 0 Å². The number of hydrogen-bond acceptors (Lipinski definition) is 0. The van der Waals surface area contributed by atoms with E-state index in [1.54, 1.807) is 44.9 Å². The molecule has 56 valence electrons. The highest BCUT2D eigenvalue weighted by Crippen LogP contribution is 2.67. The summed E-state index contributed by atoms with van der Waals surface area (Å²) in [6.45, 7) is 0. The van der Waals surface area contributed by atoms with Crippen molar-refractivity contribution in [2.75, 3.05) is 0 Å². The van der Waals surface area contributed by atoms with Crippen LogP contribution < -0.4 is 0 Å². The molecule has 3 saturated carbocycles. The lowest BCUT2D eigenvalue weighted by Crippen LogP contribution is -2.22. The molecule has 3 aliphatic carbocycles. The quantitative estimate of drug-likeness (QED) is 0.480. The third-order valence-electron chi connectivity index (χ3n) is 4.26. The molecule has 3 fully saturated rings. The summed E-state index contributed by atoms with van der Waals surface area (Å²) < 4.78 is 0. The SMILES string of the molecule is C1CC2CCC3CC3(C1)C2. The molecule has 0 saturated heterocycles. The zero-order chi connectivity index (χ0) is 6.60. The average molecular weight is 136 g/mol. The van der Waals surface area contributed by atoms with Crippen LogP contribution in [0.25, 0.3) is 0 Å². The van der Waals surface area contributed by atoms with E-state index >= 15 is 0 Å². The van der Waals surface area contributed by atoms with Gasteiger partial charge in [0.2, 0.25) is 0 Å². The minimum Gasteiger partial charge on any atom is -0.0525 e. The lowest BCUT2D eigenvalue weighted by atomic mass is 9.71. The maximum Gasteiger partial charge on any atom is -0.0263 e. The first kappa shape index (κ1) is 5.62. The van der Waals surface area contributed by atoms with Gasteiger partial charge in [-0.25, -0.2) is 0 Å². The number of fused-ring (bicyclic) bond motifs is 1. The van der Waals surface area contributed by atoms with Crippen LogP contribution in [0.15, 0.2) is 0 Å². The van der Waals surface area contributed by atoms with Gasteiger partial charge >= 0.3 is 0 Å². The van der Waals surface area contributed by atoms with E-state index in [9.17, 15) is 0 Å². The van der Waals surface area contributed by atoms with Gasteiger partial charge in [-0.15, -0.1) is 0 Å². The zero-order valence-electron chi connectivity index (χ0n) is 6.60. The first-order valence-corrected chi connectivity index (χ1v) is 4.89. The van der Waals surface area contributed by atoms with E-state index in [-0.39, 0.29) is 0 Å². The van der Waals surface area contributed by atoms with Gasteiger partial charge in [0.1, 0.15) is 0 Å². The second kappa shape index (κ2) is 1.60. The molecule has 3 rings (SSSR count). The lowest BCUT2D eigenvalue weighted by molar-refractivity contribution is 0.174. The van der Waals surface area contributed by atoms with Crippen LogP contribution >= 0.6 is 0 Å². The van der Waals surface area contributed by atoms with E-state index < -0.39 is 0 Å². The standard InChI is InChI=1S/C10H16/c1-2-8-3-4-9-7-10(9,5-1)6-8/h8-9H,1-7H2. The summed E-state index contributed by atoms with van der Waals surface area (Å²) in [5, 5.41) is 0. The Morgan fingerprint density at radius 2 is 2.00 bits per heavy atom. The second-order valence-electron chi connectivity index (χ2n) is 4.80. The molecule has 10 heavy (non-hydrogen) atoms. The summed E-state index contributed by atoms with van der Waals surface area (Å²) >= 11 is 0. The van der Waals surface area contributed by atoms with Gasteiger partial charge < -0.3 is 0 Å². The topological polar surface area (TPSA) is 0 Å². The minimum absolute atomic E-state index is 0.946. The van der Waals surface area contributed by atoms with Gasteiger partial charge in [-0.2, -0.15) is 0 Å². The number of hydrogen-bond donors (Lipinski definition) is 0. The van der Waals surface area contributed by atoms with Crippen LogP contribution in [0.5, 0.6) is 0 Å². The smallest absolute Gasteiger partial charge is 0.0263 e. The molecule has 0 heteroatoms. The molecule has 0 heterocycles. The fourth-order valence-electron chi connectivity index (χ4n) is 3.60. The van der Waals surface area contributed by atoms with E-state index in [1.807, 2.05) is 0 Å². The van der Waals surface area contributed by atoms with Gasteiger partial charge in [0.05, 0.1) is 0 Å². The van der Waals surface area contributed by atoms with Gasteiger partial charge in [0.15, 0.2) is 0 Å². The van der Waals surface area contributed by atoms with Crippen LogP contribution in [-0.4, -0.2) is 0 Å². The van der Waals surface area contributed by atoms with Gasteiger partial charge in [0.25, 0.3) is 0 Å². The molecule has 1 spiro atoms. The molecule has 0 N–H and O–H groups in total. The molecule has 0 radical (unpaired) electrons. The van der Waals surface area contributed by atoms with Gasteiger partial charge in [-0.1, -0.05) is 19.3 Å². The molecular weight excluding hydrogens is 120 g/mol. The van der Waals surface area contributed by atoms with E-state index in [4.69, 9.17) is 0 Å². The van der Waals surface area contributed by atoms with Crippen molar-refractivity contribution in [2.45, 2.75) is 44.9 Å². The molecule has 2 bridgehead atoms. The predicted octanol–water partition coefficient (Wildman–Crippen LogP) is 2.98. The average Bonchev–Trinajstić information content (AvgIpc) is 2.60. The Balaban J connectivity index is 1.87. The van der Waals surface area contributed by atoms with E-state index in [0.29, 0.717) is 0 Å². The first-order chi connectivity index (χ1) is 4.89. The lowest BCUT2D eigenvalue weighted by Gasteiger charge is -2.34. The molecular formula is C10H16. The molecule has 0 aromatic heterocycles. The van der Waals surface area contributed by atoms with Crippen molar-refractivity contribution in [3.8, 4) is 0 Å². The second-order valence-corrected chi connectivity index (χ2v) is 4.80. The molecule has 0 aromatic carbocycles. The van der Waals surface area contributed by atoms with Crippen molar-refractivity contribution in [3.05, 3.63) is 0 Å². The predicted molar refractivity (Wildman–Crippen MR) is 41.7 cm³/mol. The highest BCUT2D eigenvalue weighted by atomic mass is 14.6. The van der Waals surface area contributed by atoms with Crippen LogP contribution in [0, 0.1) is 17.3 Å². The van der Waals surface area contributed by atoms with Crippen molar-refractivity contribution in [1.29, 1.82) is 0 Å². The molecule has 0 aliphatic heterocycles. The van der Waals surface area contributed by atoms with Gasteiger partial charge in [-0.3, -0.25) is 0 Å². The fourth-order valence-corrected chi connectivity index (χ4v) is 3.60. The first-order valence-electron chi connectivity index (χ1n) is 4.89. The summed E-state index contributed by atoms with van der Waals surface area (Å²) in [5.74, 6) is 2.36. The van der Waals surface area contributed by atoms with E-state index in [0.717, 1.165) is 11.3 Å². The summed E-state index contributed by atoms with van der Waals surface area (Å²) in [5.41, 5.74) is 0.946. The molecule has 0 amide bonds. The molecule has 0 nitrogen and oxygen atoms in total. The van der Waals surface area contributed by atoms with Crippen LogP contribution in [-0.2, 0) is 0 Å². The van der Waals surface area contributed by atoms with E-state index in [1.165, 1.54) is 5.92 Å². The fraction of sp³-hybridized carbons (Fsp3) is 1.00. The van der Waals surface area contributed by atoms with Gasteiger partial charge in [0, 0.05) is 0 Å². The summed E-state index contributed by atoms with van der Waals surface area (Å²) in [7, 11) is 0. The normalized spacial score (nSPS) is 57.6. The van der Waals surface area contributed by atoms with Crippen LogP contribution in [0.2, 0.25) is 0 Å². The van der Waals surface area contributed by atoms with Crippen LogP contribution in [0.1, 0.15) is 44.9 Å². The third kappa shape index (κ3) is 0.580. The Kier molecular flexibility index (Phi) is 0.898. The summed E-state index contributed by atoms with van der Waals surface area (Å²) in [6.07, 6.45) is 11.1. The molecule has 3 aliphatic rings. The van der Waals surface area contributed by atoms with Crippen molar-refractivity contribution in [1.82, 2.24) is 0 Å². The zero-order valence-corrected chi connectivity index (χ0v) is 6.60. The van der Waals surface area contributed by atoms with Crippen LogP contribution in [0.4, 0.5) is 0 Å². The summed E-state index contributed by atoms with van der Waals surface area (Å²) in [6, 6.07) is 0. The van der Waals surface area contributed by atoms with Crippen molar-refractivity contribution < 1.29 is 0 Å². The highest BCUT2D eigenvalue weighted by molar-refractivity contribution is 5.07. The third-order valence-corrected chi connectivity index (χ3v) is 4.26.